The van der Waals surface area contributed by atoms with Gasteiger partial charge in [0.1, 0.15) is 0 Å². The maximum Gasteiger partial charge on any atom is 0.359 e. The average molecular weight is 469 g/mol. The van der Waals surface area contributed by atoms with Gasteiger partial charge in [0.25, 0.3) is 11.5 Å². The molecule has 0 saturated heterocycles. The maximum absolute atomic E-state index is 12.6. The fourth-order valence-corrected chi connectivity index (χ4v) is 3.70. The summed E-state index contributed by atoms with van der Waals surface area (Å²) in [6.07, 6.45) is 0.657. The minimum atomic E-state index is -0.834. The number of nitrogens with one attached hydrogen (secondary N) is 1. The van der Waals surface area contributed by atoms with Gasteiger partial charge in [-0.15, -0.1) is 0 Å². The molecule has 0 radical (unpaired) electrons. The molecule has 10 heteroatoms. The molecule has 0 aliphatic heterocycles. The maximum atomic E-state index is 12.6. The van der Waals surface area contributed by atoms with Crippen LogP contribution in [0, 0.1) is 0 Å². The molecule has 2 aromatic carbocycles. The first-order valence-corrected chi connectivity index (χ1v) is 10.1. The smallest absolute Gasteiger partial charge is 0.359 e. The van der Waals surface area contributed by atoms with E-state index in [1.165, 1.54) is 16.8 Å². The van der Waals surface area contributed by atoms with E-state index >= 15 is 0 Å². The molecule has 0 unspecified atom stereocenters. The Morgan fingerprint density at radius 3 is 2.37 bits per heavy atom. The monoisotopic (exact) mass is 467 g/mol. The number of carbonyl (C=O) groups excluding carboxylic acids is 2. The molecule has 0 aliphatic carbocycles. The van der Waals surface area contributed by atoms with Crippen molar-refractivity contribution in [2.45, 2.75) is 19.9 Å². The molecule has 1 aromatic heterocycles. The van der Waals surface area contributed by atoms with Gasteiger partial charge < -0.3 is 10.1 Å². The third-order valence-corrected chi connectivity index (χ3v) is 4.92. The molecular formula is C20H16Cl3N3O4. The predicted octanol–water partition coefficient (Wildman–Crippen LogP) is 4.56. The predicted molar refractivity (Wildman–Crippen MR) is 117 cm³/mol. The number of amides is 1. The van der Waals surface area contributed by atoms with Crippen LogP contribution in [0.15, 0.2) is 41.2 Å². The van der Waals surface area contributed by atoms with Crippen molar-refractivity contribution in [2.75, 3.05) is 11.9 Å². The minimum absolute atomic E-state index is 0.0472. The largest absolute Gasteiger partial charge is 0.451 e. The van der Waals surface area contributed by atoms with Crippen LogP contribution in [-0.4, -0.2) is 28.3 Å². The molecule has 3 aromatic rings. The molecule has 7 nitrogen and oxygen atoms in total. The SMILES string of the molecule is CCCn1nc(C(=O)OCC(=O)Nc2c(Cl)cc(Cl)cc2Cl)c2ccccc2c1=O. The highest BCUT2D eigenvalue weighted by Crippen LogP contribution is 2.33. The van der Waals surface area contributed by atoms with E-state index in [1.54, 1.807) is 24.3 Å². The highest BCUT2D eigenvalue weighted by molar-refractivity contribution is 6.42. The third kappa shape index (κ3) is 4.75. The summed E-state index contributed by atoms with van der Waals surface area (Å²) in [5.74, 6) is -1.49. The topological polar surface area (TPSA) is 90.3 Å². The number of hydrogen-bond acceptors (Lipinski definition) is 5. The normalized spacial score (nSPS) is 10.8. The number of aromatic nitrogens is 2. The van der Waals surface area contributed by atoms with Crippen LogP contribution in [0.1, 0.15) is 23.8 Å². The zero-order valence-corrected chi connectivity index (χ0v) is 18.0. The van der Waals surface area contributed by atoms with E-state index in [4.69, 9.17) is 39.5 Å². The number of nitrogens with zero attached hydrogens (tertiary/aromatic N) is 2. The summed E-state index contributed by atoms with van der Waals surface area (Å²) in [4.78, 5) is 37.3. The highest BCUT2D eigenvalue weighted by atomic mass is 35.5. The van der Waals surface area contributed by atoms with Crippen molar-refractivity contribution >= 4 is 63.1 Å². The summed E-state index contributed by atoms with van der Waals surface area (Å²) >= 11 is 17.9. The Balaban J connectivity index is 1.80. The quantitative estimate of drug-likeness (QED) is 0.536. The van der Waals surface area contributed by atoms with Crippen LogP contribution in [0.4, 0.5) is 5.69 Å². The summed E-state index contributed by atoms with van der Waals surface area (Å²) in [5, 5.41) is 7.91. The number of esters is 1. The van der Waals surface area contributed by atoms with E-state index in [9.17, 15) is 14.4 Å². The number of anilines is 1. The number of halogens is 3. The molecule has 1 heterocycles. The van der Waals surface area contributed by atoms with Crippen LogP contribution < -0.4 is 10.9 Å². The van der Waals surface area contributed by atoms with Gasteiger partial charge in [-0.2, -0.15) is 5.10 Å². The molecule has 30 heavy (non-hydrogen) atoms. The Morgan fingerprint density at radius 1 is 1.10 bits per heavy atom. The van der Waals surface area contributed by atoms with Crippen molar-refractivity contribution < 1.29 is 14.3 Å². The number of carbonyl (C=O) groups is 2. The first-order valence-electron chi connectivity index (χ1n) is 8.93. The summed E-state index contributed by atoms with van der Waals surface area (Å²) in [7, 11) is 0. The zero-order chi connectivity index (χ0) is 21.8. The van der Waals surface area contributed by atoms with Crippen LogP contribution in [0.5, 0.6) is 0 Å². The molecule has 0 atom stereocenters. The van der Waals surface area contributed by atoms with Crippen molar-refractivity contribution in [3.63, 3.8) is 0 Å². The Morgan fingerprint density at radius 2 is 1.73 bits per heavy atom. The van der Waals surface area contributed by atoms with Crippen LogP contribution >= 0.6 is 34.8 Å². The molecule has 0 saturated carbocycles. The zero-order valence-electron chi connectivity index (χ0n) is 15.7. The lowest BCUT2D eigenvalue weighted by Gasteiger charge is -2.12. The fourth-order valence-electron chi connectivity index (χ4n) is 2.79. The van der Waals surface area contributed by atoms with Gasteiger partial charge in [-0.1, -0.05) is 59.9 Å². The molecular weight excluding hydrogens is 453 g/mol. The Labute approximate surface area is 186 Å². The number of ether oxygens (including phenoxy) is 1. The van der Waals surface area contributed by atoms with Crippen LogP contribution in [0.2, 0.25) is 15.1 Å². The minimum Gasteiger partial charge on any atom is -0.451 e. The van der Waals surface area contributed by atoms with E-state index in [0.29, 0.717) is 28.8 Å². The molecule has 1 amide bonds. The standard InChI is InChI=1S/C20H16Cl3N3O4/c1-2-7-26-19(28)13-6-4-3-5-12(13)17(25-26)20(29)30-10-16(27)24-18-14(22)8-11(21)9-15(18)23/h3-6,8-9H,2,7,10H2,1H3,(H,24,27). The van der Waals surface area contributed by atoms with E-state index in [1.807, 2.05) is 6.92 Å². The molecule has 0 spiro atoms. The number of aryl methyl sites for hydroxylation is 1. The van der Waals surface area contributed by atoms with E-state index in [-0.39, 0.29) is 27.0 Å². The Hall–Kier alpha value is -2.61. The first-order chi connectivity index (χ1) is 14.3. The van der Waals surface area contributed by atoms with Crippen LogP contribution in [0.3, 0.4) is 0 Å². The number of rotatable bonds is 6. The van der Waals surface area contributed by atoms with Crippen molar-refractivity contribution in [2.24, 2.45) is 0 Å². The second-order valence-corrected chi connectivity index (χ2v) is 7.54. The van der Waals surface area contributed by atoms with Crippen LogP contribution in [-0.2, 0) is 16.1 Å². The van der Waals surface area contributed by atoms with E-state index < -0.39 is 18.5 Å². The van der Waals surface area contributed by atoms with Gasteiger partial charge in [-0.3, -0.25) is 9.59 Å². The summed E-state index contributed by atoms with van der Waals surface area (Å²) in [6, 6.07) is 9.43. The second kappa shape index (κ2) is 9.47. The lowest BCUT2D eigenvalue weighted by atomic mass is 10.1. The van der Waals surface area contributed by atoms with Crippen molar-refractivity contribution in [3.8, 4) is 0 Å². The Kier molecular flexibility index (Phi) is 6.97. The van der Waals surface area contributed by atoms with Gasteiger partial charge >= 0.3 is 5.97 Å². The van der Waals surface area contributed by atoms with Gasteiger partial charge in [0.05, 0.1) is 21.1 Å². The van der Waals surface area contributed by atoms with Gasteiger partial charge in [0, 0.05) is 17.0 Å². The van der Waals surface area contributed by atoms with Crippen LogP contribution in [0.25, 0.3) is 10.8 Å². The van der Waals surface area contributed by atoms with Crippen molar-refractivity contribution in [3.05, 3.63) is 67.5 Å². The first kappa shape index (κ1) is 22.1. The third-order valence-electron chi connectivity index (χ3n) is 4.10. The van der Waals surface area contributed by atoms with Crippen molar-refractivity contribution in [1.82, 2.24) is 9.78 Å². The number of fused-ring (bicyclic) bond motifs is 1. The number of benzene rings is 2. The highest BCUT2D eigenvalue weighted by Gasteiger charge is 2.19. The van der Waals surface area contributed by atoms with Crippen molar-refractivity contribution in [1.29, 1.82) is 0 Å². The van der Waals surface area contributed by atoms with Gasteiger partial charge in [-0.05, 0) is 24.6 Å². The van der Waals surface area contributed by atoms with Gasteiger partial charge in [0.2, 0.25) is 0 Å². The average Bonchev–Trinajstić information content (AvgIpc) is 2.71. The van der Waals surface area contributed by atoms with Gasteiger partial charge in [0.15, 0.2) is 12.3 Å². The molecule has 3 rings (SSSR count). The van der Waals surface area contributed by atoms with Gasteiger partial charge in [-0.25, -0.2) is 9.48 Å². The summed E-state index contributed by atoms with van der Waals surface area (Å²) in [5.41, 5.74) is -0.188. The molecule has 156 valence electrons. The fraction of sp³-hybridized carbons (Fsp3) is 0.200. The summed E-state index contributed by atoms with van der Waals surface area (Å²) in [6.45, 7) is 1.63. The molecule has 0 fully saturated rings. The summed E-state index contributed by atoms with van der Waals surface area (Å²) < 4.78 is 6.32. The number of hydrogen-bond donors (Lipinski definition) is 1. The van der Waals surface area contributed by atoms with E-state index in [2.05, 4.69) is 10.4 Å². The lowest BCUT2D eigenvalue weighted by Crippen LogP contribution is -2.27. The lowest BCUT2D eigenvalue weighted by molar-refractivity contribution is -0.119. The second-order valence-electron chi connectivity index (χ2n) is 6.29. The molecule has 0 aliphatic rings. The Bertz CT molecular complexity index is 1170. The molecule has 1 N–H and O–H groups in total. The van der Waals surface area contributed by atoms with E-state index in [0.717, 1.165) is 0 Å². The molecule has 0 bridgehead atoms.